The molecule has 0 atom stereocenters. The molecule has 0 aliphatic carbocycles. The number of hydrogen-bond donors (Lipinski definition) is 0. The Labute approximate surface area is 136 Å². The fourth-order valence-corrected chi connectivity index (χ4v) is 2.56. The molecular formula is C21H30O. The van der Waals surface area contributed by atoms with Gasteiger partial charge in [-0.05, 0) is 17.9 Å². The molecule has 0 aromatic heterocycles. The van der Waals surface area contributed by atoms with Gasteiger partial charge in [-0.1, -0.05) is 81.8 Å². The second-order valence-electron chi connectivity index (χ2n) is 5.45. The van der Waals surface area contributed by atoms with E-state index in [0.29, 0.717) is 0 Å². The van der Waals surface area contributed by atoms with Crippen molar-refractivity contribution in [3.63, 3.8) is 0 Å². The second kappa shape index (κ2) is 11.9. The van der Waals surface area contributed by atoms with Crippen molar-refractivity contribution in [2.75, 3.05) is 6.61 Å². The van der Waals surface area contributed by atoms with Gasteiger partial charge in [-0.2, -0.15) is 0 Å². The Kier molecular flexibility index (Phi) is 9.85. The van der Waals surface area contributed by atoms with E-state index >= 15 is 0 Å². The molecule has 2 aromatic carbocycles. The molecule has 0 bridgehead atoms. The summed E-state index contributed by atoms with van der Waals surface area (Å²) >= 11 is 0. The van der Waals surface area contributed by atoms with E-state index in [0.717, 1.165) is 18.8 Å². The molecule has 0 aliphatic heterocycles. The molecule has 120 valence electrons. The highest BCUT2D eigenvalue weighted by Gasteiger charge is 2.00. The third-order valence-corrected chi connectivity index (χ3v) is 3.76. The molecule has 0 N–H and O–H groups in total. The maximum absolute atomic E-state index is 5.95. The Morgan fingerprint density at radius 2 is 1.41 bits per heavy atom. The van der Waals surface area contributed by atoms with Crippen molar-refractivity contribution < 1.29 is 4.74 Å². The Morgan fingerprint density at radius 3 is 2.18 bits per heavy atom. The highest BCUT2D eigenvalue weighted by atomic mass is 16.5. The fourth-order valence-electron chi connectivity index (χ4n) is 2.56. The molecular weight excluding hydrogens is 268 g/mol. The SMILES string of the molecule is C=C.CCCCCCCCCOc1cccc2ccccc12. The summed E-state index contributed by atoms with van der Waals surface area (Å²) in [6, 6.07) is 14.7. The van der Waals surface area contributed by atoms with Gasteiger partial charge in [0.25, 0.3) is 0 Å². The Hall–Kier alpha value is -1.76. The molecule has 0 amide bonds. The normalized spacial score (nSPS) is 10.0. The minimum absolute atomic E-state index is 0.835. The molecule has 1 nitrogen and oxygen atoms in total. The van der Waals surface area contributed by atoms with Crippen LogP contribution in [0.4, 0.5) is 0 Å². The monoisotopic (exact) mass is 298 g/mol. The van der Waals surface area contributed by atoms with Crippen LogP contribution >= 0.6 is 0 Å². The lowest BCUT2D eigenvalue weighted by molar-refractivity contribution is 0.307. The van der Waals surface area contributed by atoms with E-state index in [2.05, 4.69) is 62.5 Å². The smallest absolute Gasteiger partial charge is 0.127 e. The van der Waals surface area contributed by atoms with E-state index in [-0.39, 0.29) is 0 Å². The first-order chi connectivity index (χ1) is 10.9. The second-order valence-corrected chi connectivity index (χ2v) is 5.45. The maximum Gasteiger partial charge on any atom is 0.127 e. The quantitative estimate of drug-likeness (QED) is 0.366. The fraction of sp³-hybridized carbons (Fsp3) is 0.429. The summed E-state index contributed by atoms with van der Waals surface area (Å²) in [7, 11) is 0. The van der Waals surface area contributed by atoms with E-state index in [1.807, 2.05) is 0 Å². The van der Waals surface area contributed by atoms with Crippen LogP contribution in [0, 0.1) is 0 Å². The first-order valence-electron chi connectivity index (χ1n) is 8.52. The minimum Gasteiger partial charge on any atom is -0.493 e. The predicted molar refractivity (Wildman–Crippen MR) is 98.7 cm³/mol. The zero-order chi connectivity index (χ0) is 16.0. The van der Waals surface area contributed by atoms with Gasteiger partial charge in [0.2, 0.25) is 0 Å². The summed E-state index contributed by atoms with van der Waals surface area (Å²) in [6.07, 6.45) is 9.27. The van der Waals surface area contributed by atoms with E-state index < -0.39 is 0 Å². The predicted octanol–water partition coefficient (Wildman–Crippen LogP) is 6.77. The van der Waals surface area contributed by atoms with Gasteiger partial charge in [0.1, 0.15) is 5.75 Å². The van der Waals surface area contributed by atoms with Gasteiger partial charge in [-0.25, -0.2) is 0 Å². The number of fused-ring (bicyclic) bond motifs is 1. The lowest BCUT2D eigenvalue weighted by Crippen LogP contribution is -1.97. The van der Waals surface area contributed by atoms with Crippen molar-refractivity contribution in [1.82, 2.24) is 0 Å². The lowest BCUT2D eigenvalue weighted by Gasteiger charge is -2.09. The van der Waals surface area contributed by atoms with Crippen molar-refractivity contribution in [3.8, 4) is 5.75 Å². The Bertz CT molecular complexity index is 513. The van der Waals surface area contributed by atoms with Crippen LogP contribution in [-0.4, -0.2) is 6.61 Å². The largest absolute Gasteiger partial charge is 0.493 e. The van der Waals surface area contributed by atoms with E-state index in [1.165, 1.54) is 49.3 Å². The van der Waals surface area contributed by atoms with Gasteiger partial charge in [0.15, 0.2) is 0 Å². The molecule has 2 aromatic rings. The lowest BCUT2D eigenvalue weighted by atomic mass is 10.1. The Morgan fingerprint density at radius 1 is 0.773 bits per heavy atom. The molecule has 0 aliphatic rings. The first-order valence-corrected chi connectivity index (χ1v) is 8.52. The van der Waals surface area contributed by atoms with Gasteiger partial charge in [0, 0.05) is 5.39 Å². The minimum atomic E-state index is 0.835. The number of ether oxygens (including phenoxy) is 1. The van der Waals surface area contributed by atoms with Gasteiger partial charge in [0.05, 0.1) is 6.61 Å². The van der Waals surface area contributed by atoms with Crippen LogP contribution in [-0.2, 0) is 0 Å². The van der Waals surface area contributed by atoms with Gasteiger partial charge >= 0.3 is 0 Å². The van der Waals surface area contributed by atoms with Crippen LogP contribution in [0.2, 0.25) is 0 Å². The van der Waals surface area contributed by atoms with Gasteiger partial charge < -0.3 is 4.74 Å². The molecule has 2 rings (SSSR count). The number of hydrogen-bond acceptors (Lipinski definition) is 1. The van der Waals surface area contributed by atoms with Crippen molar-refractivity contribution in [2.24, 2.45) is 0 Å². The van der Waals surface area contributed by atoms with E-state index in [4.69, 9.17) is 4.74 Å². The summed E-state index contributed by atoms with van der Waals surface area (Å²) in [4.78, 5) is 0. The van der Waals surface area contributed by atoms with Crippen LogP contribution in [0.1, 0.15) is 51.9 Å². The van der Waals surface area contributed by atoms with Gasteiger partial charge in [-0.3, -0.25) is 0 Å². The third kappa shape index (κ3) is 6.34. The zero-order valence-electron chi connectivity index (χ0n) is 14.0. The molecule has 0 fully saturated rings. The maximum atomic E-state index is 5.95. The average molecular weight is 298 g/mol. The van der Waals surface area contributed by atoms with Crippen molar-refractivity contribution >= 4 is 10.8 Å². The van der Waals surface area contributed by atoms with Crippen LogP contribution in [0.5, 0.6) is 5.75 Å². The highest BCUT2D eigenvalue weighted by molar-refractivity contribution is 5.88. The molecule has 0 heterocycles. The molecule has 22 heavy (non-hydrogen) atoms. The number of rotatable bonds is 9. The average Bonchev–Trinajstić information content (AvgIpc) is 2.59. The van der Waals surface area contributed by atoms with Crippen LogP contribution in [0.3, 0.4) is 0 Å². The van der Waals surface area contributed by atoms with Crippen molar-refractivity contribution in [2.45, 2.75) is 51.9 Å². The summed E-state index contributed by atoms with van der Waals surface area (Å²) in [6.45, 7) is 9.10. The van der Waals surface area contributed by atoms with Crippen LogP contribution in [0.15, 0.2) is 55.6 Å². The summed E-state index contributed by atoms with van der Waals surface area (Å²) in [5, 5.41) is 2.47. The Balaban J connectivity index is 0.00000116. The standard InChI is InChI=1S/C19H26O.C2H4/c1-2-3-4-5-6-7-10-16-20-19-15-11-13-17-12-8-9-14-18(17)19;1-2/h8-9,11-15H,2-7,10,16H2,1H3;1-2H2. The van der Waals surface area contributed by atoms with E-state index in [1.54, 1.807) is 0 Å². The first kappa shape index (κ1) is 18.3. The molecule has 1 heteroatoms. The molecule has 0 saturated heterocycles. The van der Waals surface area contributed by atoms with E-state index in [9.17, 15) is 0 Å². The number of unbranched alkanes of at least 4 members (excludes halogenated alkanes) is 6. The van der Waals surface area contributed by atoms with Crippen molar-refractivity contribution in [1.29, 1.82) is 0 Å². The molecule has 0 spiro atoms. The molecule has 0 unspecified atom stereocenters. The van der Waals surface area contributed by atoms with Crippen LogP contribution in [0.25, 0.3) is 10.8 Å². The summed E-state index contributed by atoms with van der Waals surface area (Å²) < 4.78 is 5.95. The van der Waals surface area contributed by atoms with Crippen molar-refractivity contribution in [3.05, 3.63) is 55.6 Å². The topological polar surface area (TPSA) is 9.23 Å². The number of benzene rings is 2. The highest BCUT2D eigenvalue weighted by Crippen LogP contribution is 2.25. The zero-order valence-corrected chi connectivity index (χ0v) is 14.0. The summed E-state index contributed by atoms with van der Waals surface area (Å²) in [5.41, 5.74) is 0. The molecule has 0 radical (unpaired) electrons. The third-order valence-electron chi connectivity index (χ3n) is 3.76. The summed E-state index contributed by atoms with van der Waals surface area (Å²) in [5.74, 6) is 1.02. The molecule has 0 saturated carbocycles. The van der Waals surface area contributed by atoms with Crippen LogP contribution < -0.4 is 4.74 Å². The van der Waals surface area contributed by atoms with Gasteiger partial charge in [-0.15, -0.1) is 13.2 Å².